The first-order valence-electron chi connectivity index (χ1n) is 7.07. The van der Waals surface area contributed by atoms with Crippen LogP contribution in [0.15, 0.2) is 30.6 Å². The highest BCUT2D eigenvalue weighted by atomic mass is 35.5. The Morgan fingerprint density at radius 3 is 2.80 bits per heavy atom. The van der Waals surface area contributed by atoms with Crippen molar-refractivity contribution in [3.8, 4) is 0 Å². The average molecular weight is 291 g/mol. The van der Waals surface area contributed by atoms with E-state index in [-0.39, 0.29) is 5.41 Å². The monoisotopic (exact) mass is 290 g/mol. The van der Waals surface area contributed by atoms with E-state index in [1.54, 1.807) is 6.33 Å². The van der Waals surface area contributed by atoms with E-state index in [4.69, 9.17) is 11.6 Å². The fourth-order valence-corrected chi connectivity index (χ4v) is 3.19. The Morgan fingerprint density at radius 1 is 1.35 bits per heavy atom. The minimum absolute atomic E-state index is 0.0524. The molecule has 1 fully saturated rings. The molecule has 1 aromatic carbocycles. The first-order chi connectivity index (χ1) is 9.75. The summed E-state index contributed by atoms with van der Waals surface area (Å²) in [6.45, 7) is 4.95. The Morgan fingerprint density at radius 2 is 2.15 bits per heavy atom. The second-order valence-electron chi connectivity index (χ2n) is 5.44. The molecule has 4 nitrogen and oxygen atoms in total. The van der Waals surface area contributed by atoms with E-state index in [0.29, 0.717) is 0 Å². The molecule has 1 N–H and O–H groups in total. The van der Waals surface area contributed by atoms with E-state index in [0.717, 1.165) is 43.3 Å². The minimum atomic E-state index is 0.0524. The van der Waals surface area contributed by atoms with E-state index in [9.17, 15) is 0 Å². The molecule has 0 saturated carbocycles. The average Bonchev–Trinajstić information content (AvgIpc) is 2.83. The van der Waals surface area contributed by atoms with Crippen LogP contribution in [0, 0.1) is 0 Å². The van der Waals surface area contributed by atoms with Gasteiger partial charge in [-0.25, -0.2) is 4.98 Å². The van der Waals surface area contributed by atoms with Crippen LogP contribution < -0.4 is 5.32 Å². The molecule has 0 bridgehead atoms. The number of benzene rings is 1. The summed E-state index contributed by atoms with van der Waals surface area (Å²) in [5.74, 6) is 1.05. The van der Waals surface area contributed by atoms with Gasteiger partial charge in [0.05, 0.1) is 0 Å². The molecule has 5 heteroatoms. The second kappa shape index (κ2) is 5.54. The van der Waals surface area contributed by atoms with Gasteiger partial charge in [-0.05, 0) is 18.1 Å². The van der Waals surface area contributed by atoms with Crippen LogP contribution >= 0.6 is 11.6 Å². The zero-order valence-electron chi connectivity index (χ0n) is 11.6. The molecular weight excluding hydrogens is 272 g/mol. The lowest BCUT2D eigenvalue weighted by Crippen LogP contribution is -2.58. The van der Waals surface area contributed by atoms with Crippen molar-refractivity contribution in [1.29, 1.82) is 0 Å². The molecule has 1 saturated heterocycles. The number of aryl methyl sites for hydroxylation is 1. The third-order valence-corrected chi connectivity index (χ3v) is 4.33. The van der Waals surface area contributed by atoms with Crippen LogP contribution in [0.5, 0.6) is 0 Å². The standard InChI is InChI=1S/C15H19ClN4/c1-2-7-20-14(18-11-19-20)8-15(9-17-10-15)12-5-3-4-6-13(12)16/h3-6,11,17H,2,7-10H2,1H3. The number of nitrogens with one attached hydrogen (secondary N) is 1. The van der Waals surface area contributed by atoms with Gasteiger partial charge in [0.2, 0.25) is 0 Å². The molecule has 0 amide bonds. The number of rotatable bonds is 5. The van der Waals surface area contributed by atoms with Crippen LogP contribution in [0.4, 0.5) is 0 Å². The van der Waals surface area contributed by atoms with Crippen LogP contribution in [0.3, 0.4) is 0 Å². The largest absolute Gasteiger partial charge is 0.315 e. The van der Waals surface area contributed by atoms with E-state index in [1.807, 2.05) is 16.8 Å². The van der Waals surface area contributed by atoms with Crippen molar-refractivity contribution in [3.05, 3.63) is 47.0 Å². The topological polar surface area (TPSA) is 42.7 Å². The Hall–Kier alpha value is -1.39. The van der Waals surface area contributed by atoms with E-state index >= 15 is 0 Å². The highest BCUT2D eigenvalue weighted by molar-refractivity contribution is 6.31. The predicted octanol–water partition coefficient (Wildman–Crippen LogP) is 2.43. The number of aromatic nitrogens is 3. The van der Waals surface area contributed by atoms with Gasteiger partial charge >= 0.3 is 0 Å². The van der Waals surface area contributed by atoms with Crippen LogP contribution in [-0.2, 0) is 18.4 Å². The summed E-state index contributed by atoms with van der Waals surface area (Å²) in [4.78, 5) is 4.44. The SMILES string of the molecule is CCCn1ncnc1CC1(c2ccccc2Cl)CNC1. The van der Waals surface area contributed by atoms with Gasteiger partial charge in [0.15, 0.2) is 0 Å². The second-order valence-corrected chi connectivity index (χ2v) is 5.85. The highest BCUT2D eigenvalue weighted by Gasteiger charge is 2.41. The van der Waals surface area contributed by atoms with Crippen LogP contribution in [0.1, 0.15) is 24.7 Å². The molecule has 1 aliphatic heterocycles. The maximum atomic E-state index is 6.39. The van der Waals surface area contributed by atoms with Crippen LogP contribution in [0.2, 0.25) is 5.02 Å². The van der Waals surface area contributed by atoms with E-state index in [2.05, 4.69) is 34.5 Å². The normalized spacial score (nSPS) is 16.9. The fraction of sp³-hybridized carbons (Fsp3) is 0.467. The summed E-state index contributed by atoms with van der Waals surface area (Å²) in [6.07, 6.45) is 3.59. The molecule has 3 rings (SSSR count). The lowest BCUT2D eigenvalue weighted by molar-refractivity contribution is 0.266. The van der Waals surface area contributed by atoms with Crippen LogP contribution in [-0.4, -0.2) is 27.9 Å². The van der Waals surface area contributed by atoms with Gasteiger partial charge in [-0.1, -0.05) is 36.7 Å². The zero-order chi connectivity index (χ0) is 14.0. The first kappa shape index (κ1) is 13.6. The van der Waals surface area contributed by atoms with E-state index < -0.39 is 0 Å². The van der Waals surface area contributed by atoms with Crippen molar-refractivity contribution in [2.45, 2.75) is 31.7 Å². The molecule has 1 aromatic heterocycles. The van der Waals surface area contributed by atoms with Gasteiger partial charge in [0.25, 0.3) is 0 Å². The van der Waals surface area contributed by atoms with E-state index in [1.165, 1.54) is 5.56 Å². The maximum absolute atomic E-state index is 6.39. The van der Waals surface area contributed by atoms with Crippen molar-refractivity contribution in [1.82, 2.24) is 20.1 Å². The molecular formula is C15H19ClN4. The highest BCUT2D eigenvalue weighted by Crippen LogP contribution is 2.36. The molecule has 2 heterocycles. The number of hydrogen-bond acceptors (Lipinski definition) is 3. The molecule has 0 aliphatic carbocycles. The quantitative estimate of drug-likeness (QED) is 0.920. The molecule has 0 spiro atoms. The molecule has 0 radical (unpaired) electrons. The summed E-state index contributed by atoms with van der Waals surface area (Å²) >= 11 is 6.39. The Labute approximate surface area is 124 Å². The molecule has 2 aromatic rings. The Balaban J connectivity index is 1.90. The summed E-state index contributed by atoms with van der Waals surface area (Å²) in [6, 6.07) is 8.13. The summed E-state index contributed by atoms with van der Waals surface area (Å²) in [5.41, 5.74) is 1.27. The number of nitrogens with zero attached hydrogens (tertiary/aromatic N) is 3. The predicted molar refractivity (Wildman–Crippen MR) is 80.0 cm³/mol. The Bertz CT molecular complexity index is 589. The molecule has 1 aliphatic rings. The van der Waals surface area contributed by atoms with Gasteiger partial charge in [-0.2, -0.15) is 5.10 Å². The van der Waals surface area contributed by atoms with Crippen molar-refractivity contribution >= 4 is 11.6 Å². The van der Waals surface area contributed by atoms with Gasteiger partial charge in [0, 0.05) is 36.5 Å². The lowest BCUT2D eigenvalue weighted by Gasteiger charge is -2.43. The molecule has 0 unspecified atom stereocenters. The molecule has 106 valence electrons. The van der Waals surface area contributed by atoms with Gasteiger partial charge in [-0.15, -0.1) is 0 Å². The number of halogens is 1. The van der Waals surface area contributed by atoms with Crippen LogP contribution in [0.25, 0.3) is 0 Å². The molecule has 0 atom stereocenters. The van der Waals surface area contributed by atoms with Crippen molar-refractivity contribution in [2.24, 2.45) is 0 Å². The molecule has 20 heavy (non-hydrogen) atoms. The lowest BCUT2D eigenvalue weighted by atomic mass is 9.72. The third-order valence-electron chi connectivity index (χ3n) is 4.00. The van der Waals surface area contributed by atoms with Crippen molar-refractivity contribution < 1.29 is 0 Å². The zero-order valence-corrected chi connectivity index (χ0v) is 12.4. The van der Waals surface area contributed by atoms with Gasteiger partial charge in [-0.3, -0.25) is 4.68 Å². The summed E-state index contributed by atoms with van der Waals surface area (Å²) < 4.78 is 2.01. The fourth-order valence-electron chi connectivity index (χ4n) is 2.86. The maximum Gasteiger partial charge on any atom is 0.138 e. The summed E-state index contributed by atoms with van der Waals surface area (Å²) in [5, 5.41) is 8.54. The summed E-state index contributed by atoms with van der Waals surface area (Å²) in [7, 11) is 0. The smallest absolute Gasteiger partial charge is 0.138 e. The Kier molecular flexibility index (Phi) is 3.76. The number of hydrogen-bond donors (Lipinski definition) is 1. The van der Waals surface area contributed by atoms with Crippen molar-refractivity contribution in [2.75, 3.05) is 13.1 Å². The third kappa shape index (κ3) is 2.34. The minimum Gasteiger partial charge on any atom is -0.315 e. The van der Waals surface area contributed by atoms with Gasteiger partial charge < -0.3 is 5.32 Å². The van der Waals surface area contributed by atoms with Gasteiger partial charge in [0.1, 0.15) is 12.2 Å². The first-order valence-corrected chi connectivity index (χ1v) is 7.45. The van der Waals surface area contributed by atoms with Crippen molar-refractivity contribution in [3.63, 3.8) is 0 Å².